The minimum atomic E-state index is 0.171. The topological polar surface area (TPSA) is 0 Å². The van der Waals surface area contributed by atoms with Gasteiger partial charge in [-0.25, -0.2) is 0 Å². The summed E-state index contributed by atoms with van der Waals surface area (Å²) in [5.41, 5.74) is 4.28. The Kier molecular flexibility index (Phi) is 3.24. The van der Waals surface area contributed by atoms with Gasteiger partial charge in [0.05, 0.1) is 0 Å². The van der Waals surface area contributed by atoms with E-state index in [0.717, 1.165) is 6.42 Å². The van der Waals surface area contributed by atoms with Crippen molar-refractivity contribution in [1.82, 2.24) is 0 Å². The quantitative estimate of drug-likeness (QED) is 0.591. The van der Waals surface area contributed by atoms with Gasteiger partial charge in [0.25, 0.3) is 0 Å². The SMILES string of the molecule is CC1=CC=C(C2=CCC(C)C=C2)C=CC1(C)C. The van der Waals surface area contributed by atoms with Gasteiger partial charge in [0.15, 0.2) is 0 Å². The molecule has 0 fully saturated rings. The monoisotopic (exact) mass is 226 g/mol. The van der Waals surface area contributed by atoms with Gasteiger partial charge < -0.3 is 0 Å². The molecule has 0 aliphatic heterocycles. The summed E-state index contributed by atoms with van der Waals surface area (Å²) < 4.78 is 0. The smallest absolute Gasteiger partial charge is 0.00379 e. The van der Waals surface area contributed by atoms with E-state index >= 15 is 0 Å². The third kappa shape index (κ3) is 2.69. The van der Waals surface area contributed by atoms with Crippen LogP contribution in [0.2, 0.25) is 0 Å². The van der Waals surface area contributed by atoms with Crippen molar-refractivity contribution < 1.29 is 0 Å². The Labute approximate surface area is 105 Å². The number of rotatable bonds is 1. The summed E-state index contributed by atoms with van der Waals surface area (Å²) in [4.78, 5) is 0. The normalized spacial score (nSPS) is 27.1. The zero-order valence-electron chi connectivity index (χ0n) is 11.3. The molecule has 0 aromatic heterocycles. The Balaban J connectivity index is 2.28. The van der Waals surface area contributed by atoms with Gasteiger partial charge in [-0.15, -0.1) is 0 Å². The molecule has 1 atom stereocenters. The van der Waals surface area contributed by atoms with E-state index < -0.39 is 0 Å². The van der Waals surface area contributed by atoms with E-state index in [4.69, 9.17) is 0 Å². The van der Waals surface area contributed by atoms with Crippen LogP contribution >= 0.6 is 0 Å². The Bertz CT molecular complexity index is 450. The lowest BCUT2D eigenvalue weighted by Crippen LogP contribution is -2.07. The van der Waals surface area contributed by atoms with Crippen molar-refractivity contribution in [3.8, 4) is 0 Å². The third-order valence-electron chi connectivity index (χ3n) is 3.86. The molecule has 0 spiro atoms. The lowest BCUT2D eigenvalue weighted by Gasteiger charge is -2.20. The lowest BCUT2D eigenvalue weighted by molar-refractivity contribution is 0.581. The van der Waals surface area contributed by atoms with Crippen molar-refractivity contribution in [2.24, 2.45) is 11.3 Å². The molecule has 17 heavy (non-hydrogen) atoms. The summed E-state index contributed by atoms with van der Waals surface area (Å²) in [6, 6.07) is 0. The fourth-order valence-corrected chi connectivity index (χ4v) is 2.05. The fraction of sp³-hybridized carbons (Fsp3) is 0.412. The Morgan fingerprint density at radius 2 is 1.88 bits per heavy atom. The van der Waals surface area contributed by atoms with Gasteiger partial charge in [-0.3, -0.25) is 0 Å². The summed E-state index contributed by atoms with van der Waals surface area (Å²) in [6.45, 7) is 8.99. The van der Waals surface area contributed by atoms with Crippen LogP contribution in [0.1, 0.15) is 34.1 Å². The largest absolute Gasteiger partial charge is 0.0808 e. The van der Waals surface area contributed by atoms with Crippen LogP contribution in [0, 0.1) is 11.3 Å². The standard InChI is InChI=1S/C17H22/c1-13-5-8-15(9-6-13)16-10-7-14(2)17(3,4)12-11-16/h5,7-13H,6H2,1-4H3. The highest BCUT2D eigenvalue weighted by Gasteiger charge is 2.18. The molecular weight excluding hydrogens is 204 g/mol. The van der Waals surface area contributed by atoms with Crippen LogP contribution in [0.3, 0.4) is 0 Å². The van der Waals surface area contributed by atoms with Crippen molar-refractivity contribution >= 4 is 0 Å². The number of hydrogen-bond acceptors (Lipinski definition) is 0. The van der Waals surface area contributed by atoms with Crippen molar-refractivity contribution in [3.05, 3.63) is 59.3 Å². The van der Waals surface area contributed by atoms with Gasteiger partial charge in [-0.2, -0.15) is 0 Å². The van der Waals surface area contributed by atoms with Gasteiger partial charge in [-0.05, 0) is 30.4 Å². The van der Waals surface area contributed by atoms with E-state index in [9.17, 15) is 0 Å². The van der Waals surface area contributed by atoms with Gasteiger partial charge in [0.1, 0.15) is 0 Å². The molecule has 1 unspecified atom stereocenters. The molecule has 0 aromatic carbocycles. The van der Waals surface area contributed by atoms with E-state index in [1.807, 2.05) is 0 Å². The molecule has 0 saturated carbocycles. The molecule has 90 valence electrons. The first-order valence-electron chi connectivity index (χ1n) is 6.46. The molecule has 2 aliphatic rings. The summed E-state index contributed by atoms with van der Waals surface area (Å²) in [5.74, 6) is 0.683. The van der Waals surface area contributed by atoms with Gasteiger partial charge in [-0.1, -0.05) is 68.9 Å². The van der Waals surface area contributed by atoms with Crippen LogP contribution in [0.4, 0.5) is 0 Å². The second kappa shape index (κ2) is 4.52. The number of allylic oxidation sites excluding steroid dienone is 10. The van der Waals surface area contributed by atoms with E-state index in [1.54, 1.807) is 0 Å². The van der Waals surface area contributed by atoms with E-state index in [0.29, 0.717) is 5.92 Å². The molecule has 0 amide bonds. The Morgan fingerprint density at radius 1 is 1.12 bits per heavy atom. The molecule has 2 aliphatic carbocycles. The number of hydrogen-bond donors (Lipinski definition) is 0. The van der Waals surface area contributed by atoms with Crippen LogP contribution in [0.25, 0.3) is 0 Å². The van der Waals surface area contributed by atoms with Crippen LogP contribution in [0.15, 0.2) is 59.3 Å². The molecule has 0 aromatic rings. The van der Waals surface area contributed by atoms with Crippen LogP contribution in [0.5, 0.6) is 0 Å². The molecule has 2 rings (SSSR count). The van der Waals surface area contributed by atoms with Crippen LogP contribution in [-0.4, -0.2) is 0 Å². The van der Waals surface area contributed by atoms with Gasteiger partial charge in [0.2, 0.25) is 0 Å². The van der Waals surface area contributed by atoms with Crippen LogP contribution < -0.4 is 0 Å². The predicted octanol–water partition coefficient (Wildman–Crippen LogP) is 4.98. The van der Waals surface area contributed by atoms with Gasteiger partial charge >= 0.3 is 0 Å². The Hall–Kier alpha value is -1.30. The minimum Gasteiger partial charge on any atom is -0.0808 e. The summed E-state index contributed by atoms with van der Waals surface area (Å²) in [5, 5.41) is 0. The molecule has 0 radical (unpaired) electrons. The third-order valence-corrected chi connectivity index (χ3v) is 3.86. The maximum atomic E-state index is 2.35. The second-order valence-corrected chi connectivity index (χ2v) is 5.76. The second-order valence-electron chi connectivity index (χ2n) is 5.76. The first kappa shape index (κ1) is 12.2. The molecule has 0 bridgehead atoms. The molecule has 0 N–H and O–H groups in total. The highest BCUT2D eigenvalue weighted by Crippen LogP contribution is 2.32. The van der Waals surface area contributed by atoms with E-state index in [2.05, 4.69) is 70.2 Å². The predicted molar refractivity (Wildman–Crippen MR) is 75.8 cm³/mol. The molecule has 0 heterocycles. The van der Waals surface area contributed by atoms with Crippen molar-refractivity contribution in [2.75, 3.05) is 0 Å². The van der Waals surface area contributed by atoms with Crippen LogP contribution in [-0.2, 0) is 0 Å². The highest BCUT2D eigenvalue weighted by atomic mass is 14.2. The molecular formula is C17H22. The average molecular weight is 226 g/mol. The van der Waals surface area contributed by atoms with E-state index in [1.165, 1.54) is 16.7 Å². The summed E-state index contributed by atoms with van der Waals surface area (Å²) in [7, 11) is 0. The fourth-order valence-electron chi connectivity index (χ4n) is 2.05. The van der Waals surface area contributed by atoms with Crippen molar-refractivity contribution in [3.63, 3.8) is 0 Å². The molecule has 0 saturated heterocycles. The molecule has 0 nitrogen and oxygen atoms in total. The zero-order valence-corrected chi connectivity index (χ0v) is 11.3. The Morgan fingerprint density at radius 3 is 2.53 bits per heavy atom. The minimum absolute atomic E-state index is 0.171. The maximum Gasteiger partial charge on any atom is 0.00379 e. The first-order valence-corrected chi connectivity index (χ1v) is 6.46. The van der Waals surface area contributed by atoms with Crippen molar-refractivity contribution in [1.29, 1.82) is 0 Å². The average Bonchev–Trinajstić information content (AvgIpc) is 2.42. The lowest BCUT2D eigenvalue weighted by atomic mass is 9.85. The van der Waals surface area contributed by atoms with Crippen molar-refractivity contribution in [2.45, 2.75) is 34.1 Å². The summed E-state index contributed by atoms with van der Waals surface area (Å²) >= 11 is 0. The molecule has 0 heteroatoms. The summed E-state index contributed by atoms with van der Waals surface area (Å²) in [6.07, 6.45) is 17.1. The maximum absolute atomic E-state index is 2.35. The zero-order chi connectivity index (χ0) is 12.5. The van der Waals surface area contributed by atoms with Gasteiger partial charge in [0, 0.05) is 5.41 Å². The highest BCUT2D eigenvalue weighted by molar-refractivity contribution is 5.51. The first-order chi connectivity index (χ1) is 7.99. The van der Waals surface area contributed by atoms with E-state index in [-0.39, 0.29) is 5.41 Å².